The van der Waals surface area contributed by atoms with Crippen molar-refractivity contribution in [3.63, 3.8) is 0 Å². The monoisotopic (exact) mass is 786 g/mol. The van der Waals surface area contributed by atoms with E-state index in [0.29, 0.717) is 25.7 Å². The van der Waals surface area contributed by atoms with Crippen LogP contribution in [-0.4, -0.2) is 118 Å². The summed E-state index contributed by atoms with van der Waals surface area (Å²) in [6, 6.07) is -7.90. The van der Waals surface area contributed by atoms with Crippen LogP contribution in [0.3, 0.4) is 0 Å². The van der Waals surface area contributed by atoms with E-state index in [1.807, 2.05) is 13.8 Å². The molecular formula is C34H62N10O11. The quantitative estimate of drug-likeness (QED) is 0.0347. The highest BCUT2D eigenvalue weighted by atomic mass is 16.4. The summed E-state index contributed by atoms with van der Waals surface area (Å²) >= 11 is 0. The Balaban J connectivity index is 6.14. The highest BCUT2D eigenvalue weighted by molar-refractivity contribution is 5.97. The van der Waals surface area contributed by atoms with Crippen LogP contribution in [0.1, 0.15) is 98.8 Å². The van der Waals surface area contributed by atoms with E-state index in [-0.39, 0.29) is 51.1 Å². The average molecular weight is 787 g/mol. The molecule has 0 unspecified atom stereocenters. The van der Waals surface area contributed by atoms with Crippen LogP contribution in [0.15, 0.2) is 0 Å². The summed E-state index contributed by atoms with van der Waals surface area (Å²) < 4.78 is 0. The third-order valence-electron chi connectivity index (χ3n) is 8.27. The number of aliphatic carboxylic acids is 2. The first-order valence-corrected chi connectivity index (χ1v) is 18.3. The van der Waals surface area contributed by atoms with Gasteiger partial charge in [-0.1, -0.05) is 13.8 Å². The van der Waals surface area contributed by atoms with Gasteiger partial charge in [0.05, 0.1) is 12.5 Å². The Morgan fingerprint density at radius 3 is 1.47 bits per heavy atom. The van der Waals surface area contributed by atoms with Crippen molar-refractivity contribution in [3.05, 3.63) is 0 Å². The molecule has 0 aromatic heterocycles. The zero-order chi connectivity index (χ0) is 42.5. The molecule has 0 aromatic carbocycles. The van der Waals surface area contributed by atoms with Crippen LogP contribution < -0.4 is 54.8 Å². The Morgan fingerprint density at radius 2 is 1.04 bits per heavy atom. The summed E-state index contributed by atoms with van der Waals surface area (Å²) in [7, 11) is 0. The molecule has 0 fully saturated rings. The molecule has 16 N–H and O–H groups in total. The zero-order valence-electron chi connectivity index (χ0n) is 32.4. The highest BCUT2D eigenvalue weighted by Gasteiger charge is 2.35. The molecule has 0 saturated heterocycles. The molecule has 0 saturated carbocycles. The number of rotatable bonds is 28. The third-order valence-corrected chi connectivity index (χ3v) is 8.27. The van der Waals surface area contributed by atoms with Gasteiger partial charge in [-0.25, -0.2) is 4.79 Å². The van der Waals surface area contributed by atoms with Gasteiger partial charge in [0.25, 0.3) is 0 Å². The molecule has 21 heteroatoms. The van der Waals surface area contributed by atoms with Gasteiger partial charge in [-0.2, -0.15) is 0 Å². The number of hydrogen-bond donors (Lipinski definition) is 12. The Morgan fingerprint density at radius 1 is 0.600 bits per heavy atom. The van der Waals surface area contributed by atoms with Crippen LogP contribution in [0, 0.1) is 5.92 Å². The van der Waals surface area contributed by atoms with E-state index >= 15 is 0 Å². The number of primary amides is 1. The SMILES string of the molecule is CC(C)C[C@H](N)C(=O)N[C@@H](CC(=O)O)C(=O)N[C@@H](CCCCN)C(=O)N[C@@H](CCCCN)C(=O)N[C@@H](C)C(=O)N[C@@H](CCC(N)=O)C(=O)NC(C)(C)C(=O)O. The van der Waals surface area contributed by atoms with Crippen molar-refractivity contribution in [2.45, 2.75) is 141 Å². The Hall–Kier alpha value is -4.89. The predicted molar refractivity (Wildman–Crippen MR) is 199 cm³/mol. The lowest BCUT2D eigenvalue weighted by atomic mass is 10.0. The molecule has 0 radical (unpaired) electrons. The summed E-state index contributed by atoms with van der Waals surface area (Å²) in [5.41, 5.74) is 20.6. The number of carboxylic acid groups (broad SMARTS) is 2. The summed E-state index contributed by atoms with van der Waals surface area (Å²) in [4.78, 5) is 114. The predicted octanol–water partition coefficient (Wildman–Crippen LogP) is -3.22. The molecule has 0 rings (SSSR count). The first-order valence-electron chi connectivity index (χ1n) is 18.3. The van der Waals surface area contributed by atoms with E-state index in [1.165, 1.54) is 20.8 Å². The van der Waals surface area contributed by atoms with Crippen LogP contribution in [0.25, 0.3) is 0 Å². The van der Waals surface area contributed by atoms with Gasteiger partial charge in [0, 0.05) is 6.42 Å². The smallest absolute Gasteiger partial charge is 0.328 e. The second-order valence-electron chi connectivity index (χ2n) is 14.3. The van der Waals surface area contributed by atoms with E-state index in [9.17, 15) is 53.4 Å². The fourth-order valence-electron chi connectivity index (χ4n) is 5.03. The van der Waals surface area contributed by atoms with Gasteiger partial charge in [0.15, 0.2) is 0 Å². The lowest BCUT2D eigenvalue weighted by molar-refractivity contribution is -0.146. The molecule has 0 aliphatic carbocycles. The highest BCUT2D eigenvalue weighted by Crippen LogP contribution is 2.09. The molecule has 0 heterocycles. The van der Waals surface area contributed by atoms with Gasteiger partial charge < -0.3 is 65.0 Å². The van der Waals surface area contributed by atoms with Crippen molar-refractivity contribution in [3.8, 4) is 0 Å². The maximum Gasteiger partial charge on any atom is 0.328 e. The van der Waals surface area contributed by atoms with Gasteiger partial charge in [-0.3, -0.25) is 38.4 Å². The molecule has 55 heavy (non-hydrogen) atoms. The fourth-order valence-corrected chi connectivity index (χ4v) is 5.03. The molecular weight excluding hydrogens is 724 g/mol. The lowest BCUT2D eigenvalue weighted by Crippen LogP contribution is -2.60. The molecule has 0 spiro atoms. The first-order chi connectivity index (χ1) is 25.6. The van der Waals surface area contributed by atoms with Gasteiger partial charge in [-0.15, -0.1) is 0 Å². The van der Waals surface area contributed by atoms with Crippen molar-refractivity contribution in [2.24, 2.45) is 28.9 Å². The Labute approximate surface area is 320 Å². The number of hydrogen-bond acceptors (Lipinski definition) is 12. The normalized spacial score (nSPS) is 14.6. The van der Waals surface area contributed by atoms with E-state index in [4.69, 9.17) is 22.9 Å². The van der Waals surface area contributed by atoms with Crippen LogP contribution in [-0.2, 0) is 43.2 Å². The minimum absolute atomic E-state index is 0.0265. The molecule has 6 atom stereocenters. The summed E-state index contributed by atoms with van der Waals surface area (Å²) in [6.45, 7) is 7.91. The van der Waals surface area contributed by atoms with Gasteiger partial charge in [0.1, 0.15) is 35.7 Å². The number of unbranched alkanes of at least 4 members (excludes halogenated alkanes) is 2. The van der Waals surface area contributed by atoms with Crippen molar-refractivity contribution >= 4 is 53.3 Å². The van der Waals surface area contributed by atoms with Crippen molar-refractivity contribution in [2.75, 3.05) is 13.1 Å². The topological polar surface area (TPSA) is 370 Å². The number of amides is 7. The van der Waals surface area contributed by atoms with Gasteiger partial charge in [0.2, 0.25) is 41.4 Å². The molecule has 7 amide bonds. The minimum Gasteiger partial charge on any atom is -0.481 e. The summed E-state index contributed by atoms with van der Waals surface area (Å²) in [6.07, 6.45) is 0.544. The van der Waals surface area contributed by atoms with Crippen LogP contribution in [0.4, 0.5) is 0 Å². The van der Waals surface area contributed by atoms with Crippen LogP contribution in [0.2, 0.25) is 0 Å². The maximum absolute atomic E-state index is 13.7. The third kappa shape index (κ3) is 20.4. The van der Waals surface area contributed by atoms with Crippen LogP contribution in [0.5, 0.6) is 0 Å². The molecule has 0 aliphatic rings. The second kappa shape index (κ2) is 25.2. The first kappa shape index (κ1) is 50.1. The number of nitrogens with two attached hydrogens (primary N) is 4. The molecule has 314 valence electrons. The van der Waals surface area contributed by atoms with Crippen molar-refractivity contribution in [1.82, 2.24) is 31.9 Å². The van der Waals surface area contributed by atoms with E-state index < -0.39 is 101 Å². The molecule has 0 bridgehead atoms. The summed E-state index contributed by atoms with van der Waals surface area (Å²) in [5.74, 6) is -8.69. The van der Waals surface area contributed by atoms with E-state index in [2.05, 4.69) is 31.9 Å². The standard InChI is InChI=1S/C34H62N10O11/c1-18(2)16-20(37)28(49)43-24(17-26(46)47)31(52)42-22(11-7-9-15-36)30(51)41-21(10-6-8-14-35)29(50)39-19(3)27(48)40-23(12-13-25(38)45)32(53)44-34(4,5)33(54)55/h18-24H,6-17,35-37H2,1-5H3,(H2,38,45)(H,39,50)(H,40,48)(H,41,51)(H,42,52)(H,43,49)(H,44,53)(H,46,47)(H,54,55)/t19-,20-,21-,22-,23-,24-/m0/s1. The van der Waals surface area contributed by atoms with E-state index in [0.717, 1.165) is 0 Å². The van der Waals surface area contributed by atoms with Gasteiger partial charge in [-0.05, 0) is 91.1 Å². The number of nitrogens with one attached hydrogen (secondary N) is 6. The number of carboxylic acids is 2. The Kier molecular flexibility index (Phi) is 23.0. The number of carbonyl (C=O) groups is 9. The number of carbonyl (C=O) groups excluding carboxylic acids is 7. The fraction of sp³-hybridized carbons (Fsp3) is 0.735. The molecule has 21 nitrogen and oxygen atoms in total. The Bertz CT molecular complexity index is 1340. The summed E-state index contributed by atoms with van der Waals surface area (Å²) in [5, 5.41) is 33.3. The minimum atomic E-state index is -1.73. The van der Waals surface area contributed by atoms with Gasteiger partial charge >= 0.3 is 11.9 Å². The molecule has 0 aromatic rings. The maximum atomic E-state index is 13.7. The van der Waals surface area contributed by atoms with Crippen molar-refractivity contribution in [1.29, 1.82) is 0 Å². The largest absolute Gasteiger partial charge is 0.481 e. The second-order valence-corrected chi connectivity index (χ2v) is 14.3. The van der Waals surface area contributed by atoms with E-state index in [1.54, 1.807) is 0 Å². The zero-order valence-corrected chi connectivity index (χ0v) is 32.4. The average Bonchev–Trinajstić information content (AvgIpc) is 3.07. The van der Waals surface area contributed by atoms with Crippen LogP contribution >= 0.6 is 0 Å². The lowest BCUT2D eigenvalue weighted by Gasteiger charge is -2.27. The molecule has 0 aliphatic heterocycles. The van der Waals surface area contributed by atoms with Crippen molar-refractivity contribution < 1.29 is 53.4 Å².